The highest BCUT2D eigenvalue weighted by atomic mass is 32.2. The van der Waals surface area contributed by atoms with E-state index in [1.165, 1.54) is 36.8 Å². The van der Waals surface area contributed by atoms with Crippen molar-refractivity contribution in [3.8, 4) is 0 Å². The molecule has 1 saturated carbocycles. The van der Waals surface area contributed by atoms with Crippen LogP contribution in [0.1, 0.15) is 43.2 Å². The van der Waals surface area contributed by atoms with Gasteiger partial charge in [0, 0.05) is 17.6 Å². The normalized spacial score (nSPS) is 24.9. The van der Waals surface area contributed by atoms with Gasteiger partial charge in [-0.05, 0) is 30.4 Å². The quantitative estimate of drug-likeness (QED) is 0.517. The van der Waals surface area contributed by atoms with Crippen molar-refractivity contribution >= 4 is 18.0 Å². The maximum atomic E-state index is 11.5. The summed E-state index contributed by atoms with van der Waals surface area (Å²) in [5, 5.41) is 0.581. The van der Waals surface area contributed by atoms with E-state index in [2.05, 4.69) is 78.5 Å². The van der Waals surface area contributed by atoms with E-state index in [1.807, 2.05) is 0 Å². The van der Waals surface area contributed by atoms with Crippen LogP contribution in [0.15, 0.2) is 72.3 Å². The molecule has 25 heavy (non-hydrogen) atoms. The molecular weight excluding hydrogens is 324 g/mol. The average Bonchev–Trinajstić information content (AvgIpc) is 2.69. The van der Waals surface area contributed by atoms with Gasteiger partial charge in [0.1, 0.15) is 6.29 Å². The van der Waals surface area contributed by atoms with Crippen LogP contribution in [0.2, 0.25) is 0 Å². The topological polar surface area (TPSA) is 17.1 Å². The number of rotatable bonds is 4. The van der Waals surface area contributed by atoms with E-state index >= 15 is 0 Å². The number of carbonyl (C=O) groups excluding carboxylic acids is 1. The number of carbonyl (C=O) groups is 1. The molecule has 2 heteroatoms. The first-order chi connectivity index (χ1) is 12.3. The fourth-order valence-corrected chi connectivity index (χ4v) is 6.42. The van der Waals surface area contributed by atoms with Crippen molar-refractivity contribution < 1.29 is 4.79 Å². The monoisotopic (exact) mass is 348 g/mol. The van der Waals surface area contributed by atoms with Gasteiger partial charge in [-0.15, -0.1) is 11.8 Å². The largest absolute Gasteiger partial charge is 0.303 e. The van der Waals surface area contributed by atoms with Crippen LogP contribution in [0.25, 0.3) is 0 Å². The lowest BCUT2D eigenvalue weighted by Crippen LogP contribution is -2.39. The fraction of sp³-hybridized carbons (Fsp3) is 0.348. The Labute approximate surface area is 154 Å². The maximum Gasteiger partial charge on any atom is 0.120 e. The number of fused-ring (bicyclic) bond motifs is 1. The second-order valence-corrected chi connectivity index (χ2v) is 8.52. The SMILES string of the molecule is O=CC[C@H]1C=C2CCCC[C@H]2SC1(c1ccccc1)c1ccccc1. The molecule has 0 unspecified atom stereocenters. The Morgan fingerprint density at radius 2 is 1.60 bits per heavy atom. The molecule has 0 amide bonds. The summed E-state index contributed by atoms with van der Waals surface area (Å²) in [5.41, 5.74) is 4.21. The minimum atomic E-state index is -0.172. The fourth-order valence-electron chi connectivity index (χ4n) is 4.46. The Bertz CT molecular complexity index is 711. The summed E-state index contributed by atoms with van der Waals surface area (Å²) in [4.78, 5) is 11.5. The van der Waals surface area contributed by atoms with E-state index in [0.29, 0.717) is 11.7 Å². The van der Waals surface area contributed by atoms with Gasteiger partial charge in [0.15, 0.2) is 0 Å². The summed E-state index contributed by atoms with van der Waals surface area (Å²) in [5.74, 6) is 0.212. The summed E-state index contributed by atoms with van der Waals surface area (Å²) in [6.45, 7) is 0. The number of hydrogen-bond donors (Lipinski definition) is 0. The summed E-state index contributed by atoms with van der Waals surface area (Å²) >= 11 is 2.09. The van der Waals surface area contributed by atoms with Crippen molar-refractivity contribution in [2.45, 2.75) is 42.1 Å². The first-order valence-electron chi connectivity index (χ1n) is 9.27. The van der Waals surface area contributed by atoms with Gasteiger partial charge in [-0.3, -0.25) is 0 Å². The second-order valence-electron chi connectivity index (χ2n) is 7.07. The molecule has 1 aliphatic carbocycles. The van der Waals surface area contributed by atoms with E-state index in [4.69, 9.17) is 0 Å². The number of hydrogen-bond acceptors (Lipinski definition) is 2. The van der Waals surface area contributed by atoms with E-state index in [0.717, 1.165) is 6.29 Å². The summed E-state index contributed by atoms with van der Waals surface area (Å²) in [7, 11) is 0. The molecule has 0 spiro atoms. The van der Waals surface area contributed by atoms with Gasteiger partial charge in [0.25, 0.3) is 0 Å². The zero-order chi connectivity index (χ0) is 17.1. The average molecular weight is 349 g/mol. The van der Waals surface area contributed by atoms with Crippen LogP contribution >= 0.6 is 11.8 Å². The van der Waals surface area contributed by atoms with Gasteiger partial charge in [-0.25, -0.2) is 0 Å². The molecule has 1 heterocycles. The third-order valence-corrected chi connectivity index (χ3v) is 7.59. The summed E-state index contributed by atoms with van der Waals surface area (Å²) in [6, 6.07) is 21.6. The lowest BCUT2D eigenvalue weighted by Gasteiger charge is -2.47. The zero-order valence-electron chi connectivity index (χ0n) is 14.4. The molecule has 1 nitrogen and oxygen atoms in total. The van der Waals surface area contributed by atoms with E-state index in [1.54, 1.807) is 5.57 Å². The lowest BCUT2D eigenvalue weighted by molar-refractivity contribution is -0.108. The predicted molar refractivity (Wildman–Crippen MR) is 106 cm³/mol. The Morgan fingerprint density at radius 1 is 0.960 bits per heavy atom. The third kappa shape index (κ3) is 2.97. The van der Waals surface area contributed by atoms with Gasteiger partial charge < -0.3 is 4.79 Å². The molecule has 1 fully saturated rings. The molecule has 0 radical (unpaired) electrons. The first-order valence-corrected chi connectivity index (χ1v) is 10.2. The second kappa shape index (κ2) is 7.21. The number of allylic oxidation sites excluding steroid dienone is 1. The van der Waals surface area contributed by atoms with Crippen LogP contribution in [0.3, 0.4) is 0 Å². The van der Waals surface area contributed by atoms with Crippen molar-refractivity contribution in [2.75, 3.05) is 0 Å². The van der Waals surface area contributed by atoms with Crippen LogP contribution in [-0.2, 0) is 9.54 Å². The van der Waals surface area contributed by atoms with Gasteiger partial charge in [-0.2, -0.15) is 0 Å². The van der Waals surface area contributed by atoms with Crippen molar-refractivity contribution in [3.63, 3.8) is 0 Å². The number of benzene rings is 2. The molecule has 0 N–H and O–H groups in total. The van der Waals surface area contributed by atoms with Crippen LogP contribution in [0, 0.1) is 5.92 Å². The molecule has 4 rings (SSSR count). The van der Waals surface area contributed by atoms with Crippen LogP contribution in [0.4, 0.5) is 0 Å². The van der Waals surface area contributed by atoms with E-state index in [-0.39, 0.29) is 10.7 Å². The molecule has 2 aromatic carbocycles. The maximum absolute atomic E-state index is 11.5. The molecule has 0 aromatic heterocycles. The Kier molecular flexibility index (Phi) is 4.80. The molecule has 2 aliphatic rings. The van der Waals surface area contributed by atoms with Gasteiger partial charge in [-0.1, -0.05) is 78.7 Å². The van der Waals surface area contributed by atoms with E-state index in [9.17, 15) is 4.79 Å². The highest BCUT2D eigenvalue weighted by Crippen LogP contribution is 2.58. The molecule has 1 aliphatic heterocycles. The summed E-state index contributed by atoms with van der Waals surface area (Å²) in [6.07, 6.45) is 9.19. The van der Waals surface area contributed by atoms with Crippen LogP contribution < -0.4 is 0 Å². The van der Waals surface area contributed by atoms with Gasteiger partial charge in [0.05, 0.1) is 4.75 Å². The predicted octanol–water partition coefficient (Wildman–Crippen LogP) is 5.75. The summed E-state index contributed by atoms with van der Waals surface area (Å²) < 4.78 is -0.172. The molecule has 2 aromatic rings. The highest BCUT2D eigenvalue weighted by molar-refractivity contribution is 8.01. The Hall–Kier alpha value is -1.80. The minimum absolute atomic E-state index is 0.172. The molecule has 128 valence electrons. The van der Waals surface area contributed by atoms with Crippen molar-refractivity contribution in [1.82, 2.24) is 0 Å². The van der Waals surface area contributed by atoms with Gasteiger partial charge >= 0.3 is 0 Å². The molecular formula is C23H24OS. The third-order valence-electron chi connectivity index (χ3n) is 5.62. The van der Waals surface area contributed by atoms with E-state index < -0.39 is 0 Å². The smallest absolute Gasteiger partial charge is 0.120 e. The number of thioether (sulfide) groups is 1. The van der Waals surface area contributed by atoms with Crippen molar-refractivity contribution in [1.29, 1.82) is 0 Å². The van der Waals surface area contributed by atoms with Gasteiger partial charge in [0.2, 0.25) is 0 Å². The molecule has 0 bridgehead atoms. The Morgan fingerprint density at radius 3 is 2.20 bits per heavy atom. The lowest BCUT2D eigenvalue weighted by atomic mass is 9.75. The Balaban J connectivity index is 1.92. The first kappa shape index (κ1) is 16.7. The highest BCUT2D eigenvalue weighted by Gasteiger charge is 2.47. The van der Waals surface area contributed by atoms with Crippen LogP contribution in [0.5, 0.6) is 0 Å². The van der Waals surface area contributed by atoms with Crippen molar-refractivity contribution in [2.24, 2.45) is 5.92 Å². The molecule has 0 saturated heterocycles. The standard InChI is InChI=1S/C23H24OS/c24-16-15-21-17-18-9-7-8-14-22(18)25-23(21,19-10-3-1-4-11-19)20-12-5-2-6-13-20/h1-6,10-13,16-17,21-22H,7-9,14-15H2/t21-,22+/m0/s1. The van der Waals surface area contributed by atoms with Crippen LogP contribution in [-0.4, -0.2) is 11.5 Å². The molecule has 2 atom stereocenters. The zero-order valence-corrected chi connectivity index (χ0v) is 15.3. The van der Waals surface area contributed by atoms with Crippen molar-refractivity contribution in [3.05, 3.63) is 83.4 Å². The number of aldehydes is 1. The minimum Gasteiger partial charge on any atom is -0.303 e.